The number of benzene rings is 1. The van der Waals surface area contributed by atoms with Gasteiger partial charge in [0, 0.05) is 28.9 Å². The van der Waals surface area contributed by atoms with Gasteiger partial charge in [0.25, 0.3) is 5.91 Å². The van der Waals surface area contributed by atoms with E-state index in [1.165, 1.54) is 35.6 Å². The first kappa shape index (κ1) is 24.5. The van der Waals surface area contributed by atoms with Crippen LogP contribution in [0.3, 0.4) is 0 Å². The van der Waals surface area contributed by atoms with Crippen LogP contribution in [0, 0.1) is 6.92 Å². The lowest BCUT2D eigenvalue weighted by molar-refractivity contribution is -0.137. The normalized spacial score (nSPS) is 16.2. The minimum Gasteiger partial charge on any atom is -0.266 e. The number of anilines is 2. The number of aryl methyl sites for hydroxylation is 1. The van der Waals surface area contributed by atoms with Crippen molar-refractivity contribution in [3.63, 3.8) is 0 Å². The summed E-state index contributed by atoms with van der Waals surface area (Å²) in [6.45, 7) is 5.41. The Bertz CT molecular complexity index is 1090. The van der Waals surface area contributed by atoms with Gasteiger partial charge in [-0.1, -0.05) is 47.7 Å². The summed E-state index contributed by atoms with van der Waals surface area (Å²) in [5.41, 5.74) is 0.427. The van der Waals surface area contributed by atoms with Crippen molar-refractivity contribution in [3.05, 3.63) is 63.9 Å². The first-order chi connectivity index (χ1) is 15.1. The summed E-state index contributed by atoms with van der Waals surface area (Å²) in [6, 6.07) is 3.93. The van der Waals surface area contributed by atoms with E-state index in [1.54, 1.807) is 13.0 Å². The van der Waals surface area contributed by atoms with E-state index in [9.17, 15) is 18.0 Å². The predicted octanol–water partition coefficient (Wildman–Crippen LogP) is 6.36. The molecule has 1 atom stereocenters. The summed E-state index contributed by atoms with van der Waals surface area (Å²) < 4.78 is 46.4. The Morgan fingerprint density at radius 2 is 1.94 bits per heavy atom. The third-order valence-electron chi connectivity index (χ3n) is 4.80. The van der Waals surface area contributed by atoms with Crippen molar-refractivity contribution in [3.8, 4) is 0 Å². The van der Waals surface area contributed by atoms with Crippen molar-refractivity contribution >= 4 is 51.3 Å². The molecule has 32 heavy (non-hydrogen) atoms. The van der Waals surface area contributed by atoms with Gasteiger partial charge in [-0.15, -0.1) is 0 Å². The Hall–Kier alpha value is -2.10. The Labute approximate surface area is 196 Å². The fraction of sp³-hybridized carbons (Fsp3) is 0.333. The number of pyridine rings is 1. The fourth-order valence-corrected chi connectivity index (χ4v) is 4.85. The molecule has 1 aromatic heterocycles. The zero-order valence-corrected chi connectivity index (χ0v) is 19.9. The van der Waals surface area contributed by atoms with Crippen LogP contribution < -0.4 is 10.0 Å². The maximum atomic E-state index is 14.0. The van der Waals surface area contributed by atoms with E-state index in [0.717, 1.165) is 11.1 Å². The van der Waals surface area contributed by atoms with E-state index in [0.29, 0.717) is 17.1 Å². The standard InChI is InChI=1S/C21H21Cl2F3N4OS/c1-4-32(5-2)28-20(31)15-12-14(22)11-13(3)18(15)30-17(21(24,25)26)8-10-29(30)19-16(23)7-6-9-27-19/h6-12,17H,4-5H2,1-3H3. The quantitative estimate of drug-likeness (QED) is 0.474. The molecule has 2 aromatic rings. The highest BCUT2D eigenvalue weighted by atomic mass is 35.5. The third-order valence-corrected chi connectivity index (χ3v) is 7.07. The molecular formula is C21H21Cl2F3N4OS. The molecule has 1 amide bonds. The molecular weight excluding hydrogens is 484 g/mol. The van der Waals surface area contributed by atoms with E-state index in [4.69, 9.17) is 23.2 Å². The number of aromatic nitrogens is 1. The van der Waals surface area contributed by atoms with Gasteiger partial charge in [-0.25, -0.2) is 9.99 Å². The fourth-order valence-electron chi connectivity index (χ4n) is 3.37. The number of amides is 1. The second-order valence-corrected chi connectivity index (χ2v) is 9.99. The molecule has 1 aliphatic heterocycles. The number of hydrogen-bond acceptors (Lipinski definition) is 4. The van der Waals surface area contributed by atoms with Crippen molar-refractivity contribution in [1.29, 1.82) is 0 Å². The number of hydrogen-bond donors (Lipinski definition) is 0. The van der Waals surface area contributed by atoms with Crippen LogP contribution in [0.2, 0.25) is 10.0 Å². The first-order valence-electron chi connectivity index (χ1n) is 9.76. The monoisotopic (exact) mass is 504 g/mol. The summed E-state index contributed by atoms with van der Waals surface area (Å²) in [5.74, 6) is 0.799. The lowest BCUT2D eigenvalue weighted by Crippen LogP contribution is -2.49. The molecule has 0 N–H and O–H groups in total. The van der Waals surface area contributed by atoms with Crippen LogP contribution in [0.5, 0.6) is 0 Å². The predicted molar refractivity (Wildman–Crippen MR) is 125 cm³/mol. The lowest BCUT2D eigenvalue weighted by Gasteiger charge is -2.37. The smallest absolute Gasteiger partial charge is 0.266 e. The van der Waals surface area contributed by atoms with Crippen LogP contribution in [0.25, 0.3) is 0 Å². The van der Waals surface area contributed by atoms with Crippen molar-refractivity contribution in [2.75, 3.05) is 21.5 Å². The molecule has 0 spiro atoms. The van der Waals surface area contributed by atoms with Crippen LogP contribution >= 0.6 is 23.2 Å². The van der Waals surface area contributed by atoms with E-state index in [-0.39, 0.29) is 27.1 Å². The summed E-state index contributed by atoms with van der Waals surface area (Å²) in [5, 5.41) is 2.56. The van der Waals surface area contributed by atoms with Crippen LogP contribution in [0.4, 0.5) is 24.7 Å². The van der Waals surface area contributed by atoms with E-state index in [1.807, 2.05) is 13.8 Å². The number of hydrazine groups is 1. The van der Waals surface area contributed by atoms with Gasteiger partial charge in [-0.2, -0.15) is 17.5 Å². The molecule has 1 unspecified atom stereocenters. The van der Waals surface area contributed by atoms with Crippen LogP contribution in [-0.4, -0.2) is 34.6 Å². The lowest BCUT2D eigenvalue weighted by atomic mass is 10.1. The van der Waals surface area contributed by atoms with Gasteiger partial charge in [-0.3, -0.25) is 9.80 Å². The second-order valence-electron chi connectivity index (χ2n) is 6.88. The van der Waals surface area contributed by atoms with Gasteiger partial charge in [0.1, 0.15) is 0 Å². The van der Waals surface area contributed by atoms with Crippen molar-refractivity contribution in [1.82, 2.24) is 4.98 Å². The Morgan fingerprint density at radius 3 is 2.53 bits per heavy atom. The average Bonchev–Trinajstić information content (AvgIpc) is 3.16. The molecule has 0 saturated carbocycles. The second kappa shape index (κ2) is 9.80. The molecule has 172 valence electrons. The highest BCUT2D eigenvalue weighted by molar-refractivity contribution is 7.87. The largest absolute Gasteiger partial charge is 0.414 e. The average molecular weight is 505 g/mol. The number of nitrogens with zero attached hydrogens (tertiary/aromatic N) is 4. The first-order valence-corrected chi connectivity index (χ1v) is 12.0. The Kier molecular flexibility index (Phi) is 7.52. The van der Waals surface area contributed by atoms with E-state index >= 15 is 0 Å². The highest BCUT2D eigenvalue weighted by Crippen LogP contribution is 2.42. The van der Waals surface area contributed by atoms with Gasteiger partial charge in [0.15, 0.2) is 11.9 Å². The van der Waals surface area contributed by atoms with Gasteiger partial charge in [0.2, 0.25) is 0 Å². The molecule has 1 aromatic carbocycles. The molecule has 3 rings (SSSR count). The summed E-state index contributed by atoms with van der Waals surface area (Å²) in [7, 11) is -0.537. The topological polar surface area (TPSA) is 48.8 Å². The summed E-state index contributed by atoms with van der Waals surface area (Å²) in [4.78, 5) is 17.3. The van der Waals surface area contributed by atoms with Crippen molar-refractivity contribution < 1.29 is 18.0 Å². The molecule has 0 saturated heterocycles. The molecule has 0 bridgehead atoms. The van der Waals surface area contributed by atoms with Crippen LogP contribution in [0.1, 0.15) is 29.8 Å². The number of carbonyl (C=O) groups excluding carboxylic acids is 1. The van der Waals surface area contributed by atoms with Gasteiger partial charge in [0.05, 0.1) is 16.3 Å². The molecule has 0 aliphatic carbocycles. The van der Waals surface area contributed by atoms with Crippen LogP contribution in [-0.2, 0) is 10.7 Å². The van der Waals surface area contributed by atoms with Crippen molar-refractivity contribution in [2.24, 2.45) is 4.36 Å². The maximum Gasteiger partial charge on any atom is 0.414 e. The van der Waals surface area contributed by atoms with Crippen LogP contribution in [0.15, 0.2) is 47.1 Å². The van der Waals surface area contributed by atoms with E-state index in [2.05, 4.69) is 9.35 Å². The number of halogens is 5. The zero-order valence-electron chi connectivity index (χ0n) is 17.5. The maximum absolute atomic E-state index is 14.0. The van der Waals surface area contributed by atoms with Crippen molar-refractivity contribution in [2.45, 2.75) is 33.0 Å². The Balaban J connectivity index is 2.25. The molecule has 2 heterocycles. The minimum absolute atomic E-state index is 0.00981. The highest BCUT2D eigenvalue weighted by Gasteiger charge is 2.48. The molecule has 11 heteroatoms. The molecule has 0 radical (unpaired) electrons. The molecule has 1 aliphatic rings. The minimum atomic E-state index is -4.63. The third kappa shape index (κ3) is 4.94. The Morgan fingerprint density at radius 1 is 1.25 bits per heavy atom. The van der Waals surface area contributed by atoms with Gasteiger partial charge in [-0.05, 0) is 42.8 Å². The zero-order chi connectivity index (χ0) is 23.6. The van der Waals surface area contributed by atoms with Gasteiger partial charge >= 0.3 is 6.18 Å². The number of rotatable bonds is 5. The van der Waals surface area contributed by atoms with E-state index < -0.39 is 28.8 Å². The molecule has 5 nitrogen and oxygen atoms in total. The summed E-state index contributed by atoms with van der Waals surface area (Å²) in [6.07, 6.45) is -0.965. The number of alkyl halides is 3. The number of carbonyl (C=O) groups is 1. The van der Waals surface area contributed by atoms with Gasteiger partial charge < -0.3 is 0 Å². The SMILES string of the molecule is CCS(CC)=NC(=O)c1cc(Cl)cc(C)c1N1C(C(F)(F)F)C=CN1c1ncccc1Cl. The summed E-state index contributed by atoms with van der Waals surface area (Å²) >= 11 is 12.4. The molecule has 0 fully saturated rings.